The normalized spacial score (nSPS) is 21.0. The number of hydrogen-bond donors (Lipinski definition) is 0. The lowest BCUT2D eigenvalue weighted by Crippen LogP contribution is -2.43. The molecule has 0 bridgehead atoms. The van der Waals surface area contributed by atoms with Crippen LogP contribution in [0.1, 0.15) is 54.3 Å². The van der Waals surface area contributed by atoms with Crippen LogP contribution in [0, 0.1) is 0 Å². The lowest BCUT2D eigenvalue weighted by Gasteiger charge is -2.39. The van der Waals surface area contributed by atoms with E-state index in [1.54, 1.807) is 5.56 Å². The lowest BCUT2D eigenvalue weighted by atomic mass is 9.83. The van der Waals surface area contributed by atoms with E-state index in [-0.39, 0.29) is 0 Å². The van der Waals surface area contributed by atoms with E-state index in [0.29, 0.717) is 6.04 Å². The third-order valence-electron chi connectivity index (χ3n) is 7.54. The maximum atomic E-state index is 2.77. The van der Waals surface area contributed by atoms with Gasteiger partial charge in [-0.1, -0.05) is 78.9 Å². The average Bonchev–Trinajstić information content (AvgIpc) is 2.84. The Morgan fingerprint density at radius 1 is 0.667 bits per heavy atom. The molecule has 1 fully saturated rings. The Morgan fingerprint density at radius 3 is 2.33 bits per heavy atom. The summed E-state index contributed by atoms with van der Waals surface area (Å²) in [6.45, 7) is 2.43. The van der Waals surface area contributed by atoms with E-state index in [1.165, 1.54) is 71.5 Å². The van der Waals surface area contributed by atoms with Gasteiger partial charge in [-0.2, -0.15) is 0 Å². The average molecular weight is 392 g/mol. The Balaban J connectivity index is 1.30. The first-order chi connectivity index (χ1) is 14.9. The molecule has 0 radical (unpaired) electrons. The highest BCUT2D eigenvalue weighted by Gasteiger charge is 2.29. The minimum Gasteiger partial charge on any atom is -0.296 e. The van der Waals surface area contributed by atoms with Crippen LogP contribution in [0.5, 0.6) is 0 Å². The van der Waals surface area contributed by atoms with E-state index < -0.39 is 0 Å². The SMILES string of the molecule is C1=c2c(ccc3c2=CCCC3N2CCC(c3ccccc3)CC2)-c2ccccc2C1. The van der Waals surface area contributed by atoms with Gasteiger partial charge < -0.3 is 0 Å². The van der Waals surface area contributed by atoms with Crippen molar-refractivity contribution in [1.82, 2.24) is 4.90 Å². The molecule has 6 rings (SSSR count). The van der Waals surface area contributed by atoms with Gasteiger partial charge in [-0.15, -0.1) is 0 Å². The summed E-state index contributed by atoms with van der Waals surface area (Å²) in [4.78, 5) is 2.77. The number of hydrogen-bond acceptors (Lipinski definition) is 1. The van der Waals surface area contributed by atoms with Gasteiger partial charge in [0.05, 0.1) is 0 Å². The summed E-state index contributed by atoms with van der Waals surface area (Å²) in [5.74, 6) is 0.727. The van der Waals surface area contributed by atoms with Crippen molar-refractivity contribution >= 4 is 12.2 Å². The van der Waals surface area contributed by atoms with Gasteiger partial charge in [-0.25, -0.2) is 0 Å². The highest BCUT2D eigenvalue weighted by Crippen LogP contribution is 2.35. The second kappa shape index (κ2) is 7.56. The Labute approximate surface area is 179 Å². The van der Waals surface area contributed by atoms with Gasteiger partial charge in [-0.05, 0) is 89.4 Å². The third-order valence-corrected chi connectivity index (χ3v) is 7.54. The van der Waals surface area contributed by atoms with Crippen LogP contribution >= 0.6 is 0 Å². The fourth-order valence-corrected chi connectivity index (χ4v) is 5.99. The summed E-state index contributed by atoms with van der Waals surface area (Å²) in [5.41, 5.74) is 7.40. The standard InChI is InChI=1S/C29H29N/c1-2-7-21(8-3-1)22-17-19-30(20-18-22)29-12-6-11-25-27-14-13-23-9-4-5-10-24(23)26(27)15-16-28(25)29/h1-5,7-11,14-16,22,29H,6,12-13,17-20H2. The molecule has 0 N–H and O–H groups in total. The molecule has 30 heavy (non-hydrogen) atoms. The smallest absolute Gasteiger partial charge is 0.0357 e. The predicted octanol–water partition coefficient (Wildman–Crippen LogP) is 5.19. The number of nitrogens with zero attached hydrogens (tertiary/aromatic N) is 1. The maximum Gasteiger partial charge on any atom is 0.0357 e. The van der Waals surface area contributed by atoms with Crippen molar-refractivity contribution in [3.8, 4) is 11.1 Å². The van der Waals surface area contributed by atoms with Crippen LogP contribution in [0.2, 0.25) is 0 Å². The molecule has 0 amide bonds. The van der Waals surface area contributed by atoms with Gasteiger partial charge in [0, 0.05) is 6.04 Å². The van der Waals surface area contributed by atoms with E-state index in [2.05, 4.69) is 83.8 Å². The molecule has 1 nitrogen and oxygen atoms in total. The Morgan fingerprint density at radius 2 is 1.47 bits per heavy atom. The molecule has 3 aromatic rings. The van der Waals surface area contributed by atoms with Crippen LogP contribution in [-0.4, -0.2) is 18.0 Å². The zero-order valence-electron chi connectivity index (χ0n) is 17.6. The molecule has 3 aliphatic rings. The van der Waals surface area contributed by atoms with Crippen LogP contribution in [-0.2, 0) is 6.42 Å². The summed E-state index contributed by atoms with van der Waals surface area (Å²) in [6, 6.07) is 25.4. The fraction of sp³-hybridized carbons (Fsp3) is 0.310. The Hall–Kier alpha value is -2.64. The molecule has 0 spiro atoms. The van der Waals surface area contributed by atoms with Gasteiger partial charge in [0.25, 0.3) is 0 Å². The summed E-state index contributed by atoms with van der Waals surface area (Å²) in [6.07, 6.45) is 11.1. The molecule has 150 valence electrons. The van der Waals surface area contributed by atoms with Crippen molar-refractivity contribution < 1.29 is 0 Å². The first kappa shape index (κ1) is 18.2. The Kier molecular flexibility index (Phi) is 4.57. The van der Waals surface area contributed by atoms with Crippen molar-refractivity contribution in [2.24, 2.45) is 0 Å². The van der Waals surface area contributed by atoms with Gasteiger partial charge >= 0.3 is 0 Å². The fourth-order valence-electron chi connectivity index (χ4n) is 5.99. The Bertz CT molecular complexity index is 1180. The second-order valence-electron chi connectivity index (χ2n) is 9.11. The topological polar surface area (TPSA) is 3.24 Å². The molecule has 1 aliphatic heterocycles. The molecule has 3 aromatic carbocycles. The number of benzene rings is 3. The van der Waals surface area contributed by atoms with E-state index in [4.69, 9.17) is 0 Å². The van der Waals surface area contributed by atoms with Crippen LogP contribution in [0.4, 0.5) is 0 Å². The number of piperidine rings is 1. The van der Waals surface area contributed by atoms with Crippen LogP contribution < -0.4 is 10.4 Å². The maximum absolute atomic E-state index is 2.77. The summed E-state index contributed by atoms with van der Waals surface area (Å²) < 4.78 is 0. The van der Waals surface area contributed by atoms with Crippen molar-refractivity contribution in [3.63, 3.8) is 0 Å². The first-order valence-corrected chi connectivity index (χ1v) is 11.6. The van der Waals surface area contributed by atoms with E-state index >= 15 is 0 Å². The third kappa shape index (κ3) is 3.04. The van der Waals surface area contributed by atoms with Crippen molar-refractivity contribution in [3.05, 3.63) is 93.9 Å². The molecular formula is C29H29N. The summed E-state index contributed by atoms with van der Waals surface area (Å²) in [7, 11) is 0. The molecular weight excluding hydrogens is 362 g/mol. The molecule has 1 heteroatoms. The van der Waals surface area contributed by atoms with Crippen molar-refractivity contribution in [2.75, 3.05) is 13.1 Å². The van der Waals surface area contributed by atoms with Crippen LogP contribution in [0.3, 0.4) is 0 Å². The zero-order chi connectivity index (χ0) is 19.9. The van der Waals surface area contributed by atoms with Crippen molar-refractivity contribution in [1.29, 1.82) is 0 Å². The summed E-state index contributed by atoms with van der Waals surface area (Å²) in [5, 5.41) is 3.00. The van der Waals surface area contributed by atoms with Gasteiger partial charge in [0.1, 0.15) is 0 Å². The molecule has 1 atom stereocenters. The second-order valence-corrected chi connectivity index (χ2v) is 9.11. The predicted molar refractivity (Wildman–Crippen MR) is 126 cm³/mol. The molecule has 0 saturated carbocycles. The van der Waals surface area contributed by atoms with Crippen LogP contribution in [0.25, 0.3) is 23.3 Å². The van der Waals surface area contributed by atoms with Gasteiger partial charge in [-0.3, -0.25) is 4.90 Å². The van der Waals surface area contributed by atoms with Gasteiger partial charge in [0.2, 0.25) is 0 Å². The minimum atomic E-state index is 0.581. The van der Waals surface area contributed by atoms with E-state index in [0.717, 1.165) is 12.3 Å². The molecule has 2 aliphatic carbocycles. The quantitative estimate of drug-likeness (QED) is 0.581. The monoisotopic (exact) mass is 391 g/mol. The zero-order valence-corrected chi connectivity index (χ0v) is 17.6. The molecule has 1 unspecified atom stereocenters. The summed E-state index contributed by atoms with van der Waals surface area (Å²) >= 11 is 0. The van der Waals surface area contributed by atoms with E-state index in [9.17, 15) is 0 Å². The largest absolute Gasteiger partial charge is 0.296 e. The highest BCUT2D eigenvalue weighted by atomic mass is 15.2. The number of fused-ring (bicyclic) bond motifs is 5. The lowest BCUT2D eigenvalue weighted by molar-refractivity contribution is 0.144. The van der Waals surface area contributed by atoms with E-state index in [1.807, 2.05) is 0 Å². The molecule has 1 saturated heterocycles. The van der Waals surface area contributed by atoms with Crippen LogP contribution in [0.15, 0.2) is 66.7 Å². The first-order valence-electron chi connectivity index (χ1n) is 11.6. The van der Waals surface area contributed by atoms with Crippen molar-refractivity contribution in [2.45, 2.75) is 44.1 Å². The number of likely N-dealkylation sites (tertiary alicyclic amines) is 1. The molecule has 0 aromatic heterocycles. The molecule has 1 heterocycles. The van der Waals surface area contributed by atoms with Gasteiger partial charge in [0.15, 0.2) is 0 Å². The highest BCUT2D eigenvalue weighted by molar-refractivity contribution is 5.74. The minimum absolute atomic E-state index is 0.581. The number of rotatable bonds is 2.